The first-order valence-electron chi connectivity index (χ1n) is 5.74. The van der Waals surface area contributed by atoms with Crippen molar-refractivity contribution in [2.75, 3.05) is 18.0 Å². The Morgan fingerprint density at radius 2 is 2.28 bits per heavy atom. The maximum atomic E-state index is 11.0. The van der Waals surface area contributed by atoms with Crippen molar-refractivity contribution in [3.05, 3.63) is 15.9 Å². The van der Waals surface area contributed by atoms with E-state index in [9.17, 15) is 10.1 Å². The molecule has 0 saturated heterocycles. The summed E-state index contributed by atoms with van der Waals surface area (Å²) in [6.07, 6.45) is 0. The Labute approximate surface area is 106 Å². The summed E-state index contributed by atoms with van der Waals surface area (Å²) in [7, 11) is 1.74. The lowest BCUT2D eigenvalue weighted by molar-refractivity contribution is -0.388. The van der Waals surface area contributed by atoms with Gasteiger partial charge in [0.2, 0.25) is 11.6 Å². The molecule has 1 aromatic rings. The highest BCUT2D eigenvalue weighted by atomic mass is 16.6. The van der Waals surface area contributed by atoms with E-state index in [1.165, 1.54) is 0 Å². The molecule has 0 aromatic carbocycles. The van der Waals surface area contributed by atoms with Crippen molar-refractivity contribution in [3.8, 4) is 6.07 Å². The number of nitriles is 1. The molecule has 0 aliphatic carbocycles. The lowest BCUT2D eigenvalue weighted by Crippen LogP contribution is -2.30. The monoisotopic (exact) mass is 251 g/mol. The molecule has 0 radical (unpaired) electrons. The first kappa shape index (κ1) is 14.0. The summed E-state index contributed by atoms with van der Waals surface area (Å²) < 4.78 is 1.69. The summed E-state index contributed by atoms with van der Waals surface area (Å²) in [5, 5.41) is 19.8. The molecule has 7 heteroatoms. The second-order valence-corrected chi connectivity index (χ2v) is 4.19. The van der Waals surface area contributed by atoms with E-state index >= 15 is 0 Å². The zero-order valence-electron chi connectivity index (χ0n) is 11.0. The molecule has 0 bridgehead atoms. The van der Waals surface area contributed by atoms with Gasteiger partial charge in [0.1, 0.15) is 0 Å². The van der Waals surface area contributed by atoms with Gasteiger partial charge in [-0.25, -0.2) is 0 Å². The fourth-order valence-corrected chi connectivity index (χ4v) is 1.79. The summed E-state index contributed by atoms with van der Waals surface area (Å²) in [4.78, 5) is 16.3. The van der Waals surface area contributed by atoms with Crippen molar-refractivity contribution < 1.29 is 4.92 Å². The molecule has 0 saturated carbocycles. The van der Waals surface area contributed by atoms with Crippen LogP contribution in [-0.2, 0) is 7.05 Å². The van der Waals surface area contributed by atoms with Crippen LogP contribution in [0.3, 0.4) is 0 Å². The molecule has 0 N–H and O–H groups in total. The lowest BCUT2D eigenvalue weighted by atomic mass is 10.2. The number of nitro groups is 1. The number of imidazole rings is 1. The molecule has 98 valence electrons. The van der Waals surface area contributed by atoms with Crippen LogP contribution in [0.1, 0.15) is 19.7 Å². The summed E-state index contributed by atoms with van der Waals surface area (Å²) in [6.45, 7) is 6.45. The third kappa shape index (κ3) is 2.59. The van der Waals surface area contributed by atoms with Gasteiger partial charge in [0, 0.05) is 27.1 Å². The predicted molar refractivity (Wildman–Crippen MR) is 67.3 cm³/mol. The Morgan fingerprint density at radius 1 is 1.67 bits per heavy atom. The van der Waals surface area contributed by atoms with Crippen LogP contribution in [-0.4, -0.2) is 27.6 Å². The van der Waals surface area contributed by atoms with Crippen molar-refractivity contribution in [1.82, 2.24) is 9.55 Å². The van der Waals surface area contributed by atoms with E-state index in [-0.39, 0.29) is 11.7 Å². The minimum atomic E-state index is -0.484. The van der Waals surface area contributed by atoms with Crippen molar-refractivity contribution in [1.29, 1.82) is 5.26 Å². The highest BCUT2D eigenvalue weighted by Crippen LogP contribution is 2.28. The van der Waals surface area contributed by atoms with Crippen molar-refractivity contribution in [3.63, 3.8) is 0 Å². The Bertz CT molecular complexity index is 488. The Morgan fingerprint density at radius 3 is 2.72 bits per heavy atom. The van der Waals surface area contributed by atoms with E-state index in [2.05, 4.69) is 11.1 Å². The molecular formula is C11H17N5O2. The van der Waals surface area contributed by atoms with E-state index in [1.54, 1.807) is 25.5 Å². The molecule has 1 aromatic heterocycles. The van der Waals surface area contributed by atoms with Crippen molar-refractivity contribution >= 4 is 11.6 Å². The second-order valence-electron chi connectivity index (χ2n) is 4.19. The van der Waals surface area contributed by atoms with Gasteiger partial charge in [-0.15, -0.1) is 0 Å². The highest BCUT2D eigenvalue weighted by Gasteiger charge is 2.28. The lowest BCUT2D eigenvalue weighted by Gasteiger charge is -2.23. The normalized spacial score (nSPS) is 11.9. The Hall–Kier alpha value is -2.10. The first-order chi connectivity index (χ1) is 8.42. The average Bonchev–Trinajstić information content (AvgIpc) is 2.63. The van der Waals surface area contributed by atoms with Gasteiger partial charge in [0.05, 0.1) is 12.0 Å². The minimum absolute atomic E-state index is 0.151. The van der Waals surface area contributed by atoms with Gasteiger partial charge in [-0.3, -0.25) is 4.57 Å². The van der Waals surface area contributed by atoms with E-state index in [1.807, 2.05) is 11.8 Å². The molecule has 0 spiro atoms. The third-order valence-corrected chi connectivity index (χ3v) is 2.84. The van der Waals surface area contributed by atoms with E-state index in [0.717, 1.165) is 0 Å². The SMILES string of the molecule is CCN(CC(C)C#N)c1c([N+](=O)[O-])nc(C)n1C. The number of aromatic nitrogens is 2. The van der Waals surface area contributed by atoms with E-state index in [0.29, 0.717) is 24.7 Å². The molecule has 18 heavy (non-hydrogen) atoms. The summed E-state index contributed by atoms with van der Waals surface area (Å²) in [5.74, 6) is 0.698. The van der Waals surface area contributed by atoms with Crippen molar-refractivity contribution in [2.24, 2.45) is 13.0 Å². The quantitative estimate of drug-likeness (QED) is 0.586. The van der Waals surface area contributed by atoms with Gasteiger partial charge in [-0.05, 0) is 23.8 Å². The van der Waals surface area contributed by atoms with E-state index in [4.69, 9.17) is 5.26 Å². The Kier molecular flexibility index (Phi) is 4.26. The number of hydrogen-bond acceptors (Lipinski definition) is 5. The summed E-state index contributed by atoms with van der Waals surface area (Å²) >= 11 is 0. The van der Waals surface area contributed by atoms with Crippen LogP contribution < -0.4 is 4.90 Å². The topological polar surface area (TPSA) is 88.0 Å². The van der Waals surface area contributed by atoms with Crippen LogP contribution in [0.25, 0.3) is 0 Å². The molecule has 0 fully saturated rings. The molecule has 0 amide bonds. The zero-order chi connectivity index (χ0) is 13.9. The van der Waals surface area contributed by atoms with Crippen LogP contribution in [0.15, 0.2) is 0 Å². The van der Waals surface area contributed by atoms with E-state index < -0.39 is 4.92 Å². The number of hydrogen-bond donors (Lipinski definition) is 0. The Balaban J connectivity index is 3.20. The summed E-state index contributed by atoms with van der Waals surface area (Å²) in [5.41, 5.74) is 0. The molecular weight excluding hydrogens is 234 g/mol. The largest absolute Gasteiger partial charge is 0.406 e. The number of aryl methyl sites for hydroxylation is 1. The zero-order valence-corrected chi connectivity index (χ0v) is 11.0. The van der Waals surface area contributed by atoms with Gasteiger partial charge >= 0.3 is 5.82 Å². The van der Waals surface area contributed by atoms with Gasteiger partial charge in [-0.2, -0.15) is 5.26 Å². The van der Waals surface area contributed by atoms with Crippen LogP contribution in [0.4, 0.5) is 11.6 Å². The van der Waals surface area contributed by atoms with Crippen LogP contribution in [0.5, 0.6) is 0 Å². The minimum Gasteiger partial charge on any atom is -0.358 e. The summed E-state index contributed by atoms with van der Waals surface area (Å²) in [6, 6.07) is 2.13. The van der Waals surface area contributed by atoms with Crippen molar-refractivity contribution in [2.45, 2.75) is 20.8 Å². The molecule has 1 atom stereocenters. The molecule has 1 unspecified atom stereocenters. The van der Waals surface area contributed by atoms with Crippen LogP contribution >= 0.6 is 0 Å². The highest BCUT2D eigenvalue weighted by molar-refractivity contribution is 5.56. The fourth-order valence-electron chi connectivity index (χ4n) is 1.79. The third-order valence-electron chi connectivity index (χ3n) is 2.84. The molecule has 1 heterocycles. The van der Waals surface area contributed by atoms with Gasteiger partial charge < -0.3 is 15.0 Å². The van der Waals surface area contributed by atoms with Crippen LogP contribution in [0, 0.1) is 34.3 Å². The number of rotatable bonds is 5. The number of anilines is 1. The smallest absolute Gasteiger partial charge is 0.358 e. The first-order valence-corrected chi connectivity index (χ1v) is 5.74. The van der Waals surface area contributed by atoms with Gasteiger partial charge in [-0.1, -0.05) is 0 Å². The standard InChI is InChI=1S/C11H17N5O2/c1-5-15(7-8(2)6-12)11-10(16(17)18)13-9(3)14(11)4/h8H,5,7H2,1-4H3. The van der Waals surface area contributed by atoms with Gasteiger partial charge in [0.25, 0.3) is 0 Å². The molecule has 0 aliphatic heterocycles. The molecule has 0 aliphatic rings. The predicted octanol–water partition coefficient (Wildman–Crippen LogP) is 1.62. The maximum Gasteiger partial charge on any atom is 0.406 e. The average molecular weight is 251 g/mol. The number of nitrogens with zero attached hydrogens (tertiary/aromatic N) is 5. The maximum absolute atomic E-state index is 11.0. The molecule has 1 rings (SSSR count). The van der Waals surface area contributed by atoms with Gasteiger partial charge in [0.15, 0.2) is 0 Å². The fraction of sp³-hybridized carbons (Fsp3) is 0.636. The second kappa shape index (κ2) is 5.49. The molecule has 7 nitrogen and oxygen atoms in total. The van der Waals surface area contributed by atoms with Crippen LogP contribution in [0.2, 0.25) is 0 Å².